The van der Waals surface area contributed by atoms with Crippen molar-refractivity contribution in [3.8, 4) is 0 Å². The lowest BCUT2D eigenvalue weighted by molar-refractivity contribution is -0.121. The zero-order valence-corrected chi connectivity index (χ0v) is 17.2. The van der Waals surface area contributed by atoms with Crippen molar-refractivity contribution in [2.45, 2.75) is 26.8 Å². The number of benzene rings is 2. The van der Waals surface area contributed by atoms with Crippen molar-refractivity contribution in [2.24, 2.45) is 0 Å². The summed E-state index contributed by atoms with van der Waals surface area (Å²) in [6, 6.07) is 16.4. The van der Waals surface area contributed by atoms with Gasteiger partial charge in [0.1, 0.15) is 0 Å². The average molecular weight is 378 g/mol. The van der Waals surface area contributed by atoms with Gasteiger partial charge in [-0.2, -0.15) is 0 Å². The predicted octanol–water partition coefficient (Wildman–Crippen LogP) is 3.96. The lowest BCUT2D eigenvalue weighted by Gasteiger charge is -2.37. The first-order valence-electron chi connectivity index (χ1n) is 10.1. The Kier molecular flexibility index (Phi) is 7.01. The quantitative estimate of drug-likeness (QED) is 0.828. The molecule has 0 radical (unpaired) electrons. The lowest BCUT2D eigenvalue weighted by atomic mass is 10.1. The number of amides is 1. The number of hydrogen-bond donors (Lipinski definition) is 1. The molecule has 0 spiro atoms. The highest BCUT2D eigenvalue weighted by Crippen LogP contribution is 2.20. The maximum Gasteiger partial charge on any atom is 0.241 e. The number of hydrogen-bond acceptors (Lipinski definition) is 3. The second-order valence-electron chi connectivity index (χ2n) is 7.58. The number of rotatable bonds is 6. The summed E-state index contributed by atoms with van der Waals surface area (Å²) < 4.78 is 0. The van der Waals surface area contributed by atoms with Crippen LogP contribution in [0.2, 0.25) is 0 Å². The van der Waals surface area contributed by atoms with Gasteiger partial charge in [0.05, 0.1) is 6.04 Å². The van der Waals surface area contributed by atoms with Gasteiger partial charge < -0.3 is 5.32 Å². The molecule has 0 unspecified atom stereocenters. The van der Waals surface area contributed by atoms with E-state index in [1.807, 2.05) is 45.0 Å². The summed E-state index contributed by atoms with van der Waals surface area (Å²) in [6.45, 7) is 10.8. The summed E-state index contributed by atoms with van der Waals surface area (Å²) in [4.78, 5) is 17.5. The third-order valence-electron chi connectivity index (χ3n) is 5.54. The Morgan fingerprint density at radius 1 is 1.00 bits per heavy atom. The van der Waals surface area contributed by atoms with Crippen LogP contribution < -0.4 is 5.32 Å². The summed E-state index contributed by atoms with van der Waals surface area (Å²) >= 11 is 0. The maximum absolute atomic E-state index is 12.7. The normalized spacial score (nSPS) is 17.0. The highest BCUT2D eigenvalue weighted by Gasteiger charge is 2.25. The molecule has 28 heavy (non-hydrogen) atoms. The van der Waals surface area contributed by atoms with E-state index in [2.05, 4.69) is 51.5 Å². The van der Waals surface area contributed by atoms with Crippen LogP contribution in [0.15, 0.2) is 54.6 Å². The number of piperazine rings is 1. The highest BCUT2D eigenvalue weighted by atomic mass is 16.2. The Morgan fingerprint density at radius 2 is 1.64 bits per heavy atom. The van der Waals surface area contributed by atoms with Gasteiger partial charge in [-0.25, -0.2) is 0 Å². The van der Waals surface area contributed by atoms with Gasteiger partial charge in [-0.1, -0.05) is 60.7 Å². The first-order chi connectivity index (χ1) is 13.5. The molecule has 4 heteroatoms. The summed E-state index contributed by atoms with van der Waals surface area (Å²) in [5.41, 5.74) is 4.40. The molecule has 1 atom stereocenters. The van der Waals surface area contributed by atoms with Crippen LogP contribution in [0.5, 0.6) is 0 Å². The molecule has 1 fully saturated rings. The van der Waals surface area contributed by atoms with Crippen molar-refractivity contribution in [1.29, 1.82) is 0 Å². The summed E-state index contributed by atoms with van der Waals surface area (Å²) in [5.74, 6) is 0.0785. The molecular weight excluding hydrogens is 346 g/mol. The molecule has 0 aromatic heterocycles. The van der Waals surface area contributed by atoms with Crippen LogP contribution in [-0.2, 0) is 4.79 Å². The largest absolute Gasteiger partial charge is 0.324 e. The van der Waals surface area contributed by atoms with Crippen LogP contribution >= 0.6 is 0 Å². The molecule has 3 rings (SSSR count). The Balaban J connectivity index is 1.47. The van der Waals surface area contributed by atoms with E-state index in [1.165, 1.54) is 5.56 Å². The van der Waals surface area contributed by atoms with Crippen molar-refractivity contribution in [2.75, 3.05) is 38.0 Å². The number of nitrogens with zero attached hydrogens (tertiary/aromatic N) is 2. The molecule has 1 heterocycles. The Bertz CT molecular complexity index is 788. The van der Waals surface area contributed by atoms with Crippen LogP contribution in [0, 0.1) is 13.8 Å². The fourth-order valence-electron chi connectivity index (χ4n) is 3.64. The second kappa shape index (κ2) is 9.67. The molecule has 1 amide bonds. The van der Waals surface area contributed by atoms with Crippen molar-refractivity contribution >= 4 is 17.7 Å². The number of para-hydroxylation sites is 1. The summed E-state index contributed by atoms with van der Waals surface area (Å²) in [7, 11) is 0. The molecule has 1 N–H and O–H groups in total. The van der Waals surface area contributed by atoms with Gasteiger partial charge in [-0.3, -0.25) is 14.6 Å². The monoisotopic (exact) mass is 377 g/mol. The van der Waals surface area contributed by atoms with E-state index < -0.39 is 0 Å². The predicted molar refractivity (Wildman–Crippen MR) is 117 cm³/mol. The minimum Gasteiger partial charge on any atom is -0.324 e. The van der Waals surface area contributed by atoms with E-state index in [9.17, 15) is 4.79 Å². The zero-order chi connectivity index (χ0) is 19.9. The van der Waals surface area contributed by atoms with Crippen molar-refractivity contribution in [1.82, 2.24) is 9.80 Å². The minimum atomic E-state index is -0.124. The molecular formula is C24H31N3O. The van der Waals surface area contributed by atoms with Gasteiger partial charge in [0.15, 0.2) is 0 Å². The number of anilines is 1. The summed E-state index contributed by atoms with van der Waals surface area (Å²) in [6.07, 6.45) is 4.40. The van der Waals surface area contributed by atoms with E-state index in [0.717, 1.165) is 49.5 Å². The molecule has 2 aromatic carbocycles. The number of carbonyl (C=O) groups excluding carboxylic acids is 1. The maximum atomic E-state index is 12.7. The Labute approximate surface area is 168 Å². The van der Waals surface area contributed by atoms with Gasteiger partial charge >= 0.3 is 0 Å². The van der Waals surface area contributed by atoms with Crippen molar-refractivity contribution in [3.05, 3.63) is 71.3 Å². The van der Waals surface area contributed by atoms with Crippen LogP contribution in [0.4, 0.5) is 5.69 Å². The van der Waals surface area contributed by atoms with Gasteiger partial charge in [0, 0.05) is 38.4 Å². The number of nitrogens with one attached hydrogen (secondary N) is 1. The SMILES string of the molecule is Cc1cccc(C)c1NC(=O)[C@@H](C)N1CCN(C/C=C/c2ccccc2)CC1. The topological polar surface area (TPSA) is 35.6 Å². The van der Waals surface area contributed by atoms with Crippen molar-refractivity contribution < 1.29 is 4.79 Å². The van der Waals surface area contributed by atoms with Gasteiger partial charge in [-0.15, -0.1) is 0 Å². The molecule has 1 saturated heterocycles. The van der Waals surface area contributed by atoms with E-state index >= 15 is 0 Å². The Morgan fingerprint density at radius 3 is 2.29 bits per heavy atom. The fourth-order valence-corrected chi connectivity index (χ4v) is 3.64. The molecule has 1 aliphatic heterocycles. The number of carbonyl (C=O) groups is 1. The van der Waals surface area contributed by atoms with Crippen LogP contribution in [0.1, 0.15) is 23.6 Å². The third kappa shape index (κ3) is 5.31. The van der Waals surface area contributed by atoms with Crippen LogP contribution in [0.3, 0.4) is 0 Å². The molecule has 0 saturated carbocycles. The van der Waals surface area contributed by atoms with E-state index in [0.29, 0.717) is 0 Å². The molecule has 0 aliphatic carbocycles. The van der Waals surface area contributed by atoms with E-state index in [1.54, 1.807) is 0 Å². The minimum absolute atomic E-state index is 0.0785. The third-order valence-corrected chi connectivity index (χ3v) is 5.54. The van der Waals surface area contributed by atoms with Crippen LogP contribution in [0.25, 0.3) is 6.08 Å². The first kappa shape index (κ1) is 20.3. The highest BCUT2D eigenvalue weighted by molar-refractivity contribution is 5.95. The summed E-state index contributed by atoms with van der Waals surface area (Å²) in [5, 5.41) is 3.13. The number of aryl methyl sites for hydroxylation is 2. The molecule has 0 bridgehead atoms. The first-order valence-corrected chi connectivity index (χ1v) is 10.1. The average Bonchev–Trinajstić information content (AvgIpc) is 2.71. The van der Waals surface area contributed by atoms with Gasteiger partial charge in [-0.05, 0) is 37.5 Å². The standard InChI is InChI=1S/C24H31N3O/c1-19-9-7-10-20(2)23(19)25-24(28)21(3)27-17-15-26(16-18-27)14-8-13-22-11-5-4-6-12-22/h4-13,21H,14-18H2,1-3H3,(H,25,28)/b13-8+/t21-/m1/s1. The van der Waals surface area contributed by atoms with E-state index in [-0.39, 0.29) is 11.9 Å². The molecule has 2 aromatic rings. The van der Waals surface area contributed by atoms with Crippen LogP contribution in [-0.4, -0.2) is 54.5 Å². The molecule has 4 nitrogen and oxygen atoms in total. The second-order valence-corrected chi connectivity index (χ2v) is 7.58. The fraction of sp³-hybridized carbons (Fsp3) is 0.375. The van der Waals surface area contributed by atoms with Gasteiger partial charge in [0.25, 0.3) is 0 Å². The van der Waals surface area contributed by atoms with Crippen molar-refractivity contribution in [3.63, 3.8) is 0 Å². The smallest absolute Gasteiger partial charge is 0.241 e. The molecule has 1 aliphatic rings. The van der Waals surface area contributed by atoms with E-state index in [4.69, 9.17) is 0 Å². The van der Waals surface area contributed by atoms with Gasteiger partial charge in [0.2, 0.25) is 5.91 Å². The molecule has 148 valence electrons. The zero-order valence-electron chi connectivity index (χ0n) is 17.2. The lowest BCUT2D eigenvalue weighted by Crippen LogP contribution is -2.52. The Hall–Kier alpha value is -2.43.